The molecular weight excluding hydrogens is 168 g/mol. The van der Waals surface area contributed by atoms with E-state index in [9.17, 15) is 8.42 Å². The van der Waals surface area contributed by atoms with Crippen LogP contribution in [0.3, 0.4) is 0 Å². The van der Waals surface area contributed by atoms with E-state index in [1.165, 1.54) is 0 Å². The van der Waals surface area contributed by atoms with Crippen molar-refractivity contribution in [2.75, 3.05) is 11.0 Å². The Balaban J connectivity index is 2.81. The van der Waals surface area contributed by atoms with Crippen LogP contribution in [0.2, 0.25) is 0 Å². The van der Waals surface area contributed by atoms with Crippen molar-refractivity contribution in [2.24, 2.45) is 0 Å². The first-order valence-electron chi connectivity index (χ1n) is 2.84. The lowest BCUT2D eigenvalue weighted by Gasteiger charge is -1.94. The molecule has 0 fully saturated rings. The third-order valence-corrected chi connectivity index (χ3v) is 1.43. The number of aromatic nitrogens is 3. The van der Waals surface area contributed by atoms with Gasteiger partial charge < -0.3 is 0 Å². The highest BCUT2D eigenvalue weighted by Gasteiger charge is 2.04. The predicted octanol–water partition coefficient (Wildman–Crippen LogP) is -0.515. The van der Waals surface area contributed by atoms with E-state index in [1.54, 1.807) is 6.92 Å². The van der Waals surface area contributed by atoms with Gasteiger partial charge >= 0.3 is 0 Å². The number of nitrogens with one attached hydrogen (secondary N) is 2. The average molecular weight is 176 g/mol. The standard InChI is InChI=1S/C4H8N4O2S/c1-3-5-4(7-6-3)8-11(2,9)10/h1-2H3,(H2,5,6,7,8). The lowest BCUT2D eigenvalue weighted by molar-refractivity contribution is 0.606. The molecule has 0 aliphatic rings. The van der Waals surface area contributed by atoms with Crippen molar-refractivity contribution in [3.63, 3.8) is 0 Å². The number of aromatic amines is 1. The van der Waals surface area contributed by atoms with Crippen LogP contribution in [0.1, 0.15) is 5.82 Å². The Morgan fingerprint density at radius 3 is 2.55 bits per heavy atom. The van der Waals surface area contributed by atoms with Gasteiger partial charge in [0.15, 0.2) is 0 Å². The van der Waals surface area contributed by atoms with Gasteiger partial charge in [0, 0.05) is 0 Å². The lowest BCUT2D eigenvalue weighted by Crippen LogP contribution is -2.10. The minimum atomic E-state index is -3.26. The Kier molecular flexibility index (Phi) is 1.81. The number of hydrogen-bond donors (Lipinski definition) is 2. The SMILES string of the molecule is Cc1nc(NS(C)(=O)=O)n[nH]1. The molecule has 0 saturated carbocycles. The number of anilines is 1. The van der Waals surface area contributed by atoms with E-state index in [2.05, 4.69) is 19.9 Å². The fourth-order valence-corrected chi connectivity index (χ4v) is 0.977. The fourth-order valence-electron chi connectivity index (χ4n) is 0.554. The van der Waals surface area contributed by atoms with Gasteiger partial charge in [-0.2, -0.15) is 4.98 Å². The smallest absolute Gasteiger partial charge is 0.255 e. The van der Waals surface area contributed by atoms with Crippen LogP contribution in [0.5, 0.6) is 0 Å². The first-order chi connectivity index (χ1) is 4.97. The van der Waals surface area contributed by atoms with Gasteiger partial charge in [-0.3, -0.25) is 9.82 Å². The van der Waals surface area contributed by atoms with Crippen LogP contribution in [-0.4, -0.2) is 29.9 Å². The second-order valence-corrected chi connectivity index (χ2v) is 3.87. The summed E-state index contributed by atoms with van der Waals surface area (Å²) in [5, 5.41) is 6.08. The molecule has 6 nitrogen and oxygen atoms in total. The number of aryl methyl sites for hydroxylation is 1. The van der Waals surface area contributed by atoms with Crippen molar-refractivity contribution >= 4 is 16.0 Å². The van der Waals surface area contributed by atoms with E-state index in [1.807, 2.05) is 0 Å². The van der Waals surface area contributed by atoms with Crippen LogP contribution in [0.25, 0.3) is 0 Å². The molecule has 0 spiro atoms. The normalized spacial score (nSPS) is 11.5. The summed E-state index contributed by atoms with van der Waals surface area (Å²) in [6, 6.07) is 0. The third-order valence-electron chi connectivity index (χ3n) is 0.874. The van der Waals surface area contributed by atoms with Gasteiger partial charge in [-0.1, -0.05) is 0 Å². The van der Waals surface area contributed by atoms with Gasteiger partial charge in [-0.05, 0) is 6.92 Å². The van der Waals surface area contributed by atoms with E-state index in [0.29, 0.717) is 5.82 Å². The summed E-state index contributed by atoms with van der Waals surface area (Å²) in [5.74, 6) is 0.640. The maximum atomic E-state index is 10.6. The summed E-state index contributed by atoms with van der Waals surface area (Å²) in [6.45, 7) is 1.68. The zero-order chi connectivity index (χ0) is 8.48. The summed E-state index contributed by atoms with van der Waals surface area (Å²) in [7, 11) is -3.26. The molecular formula is C4H8N4O2S. The van der Waals surface area contributed by atoms with Crippen LogP contribution in [-0.2, 0) is 10.0 Å². The van der Waals surface area contributed by atoms with Gasteiger partial charge in [-0.15, -0.1) is 5.10 Å². The van der Waals surface area contributed by atoms with Crippen LogP contribution in [0.15, 0.2) is 0 Å². The van der Waals surface area contributed by atoms with Gasteiger partial charge in [0.1, 0.15) is 5.82 Å². The van der Waals surface area contributed by atoms with Crippen molar-refractivity contribution in [2.45, 2.75) is 6.92 Å². The number of sulfonamides is 1. The Bertz CT molecular complexity index is 341. The molecule has 0 saturated heterocycles. The Labute approximate surface area is 64.1 Å². The molecule has 0 unspecified atom stereocenters. The average Bonchev–Trinajstić information content (AvgIpc) is 2.10. The Morgan fingerprint density at radius 2 is 2.18 bits per heavy atom. The molecule has 1 aromatic rings. The van der Waals surface area contributed by atoms with Crippen molar-refractivity contribution in [1.82, 2.24) is 15.2 Å². The van der Waals surface area contributed by atoms with E-state index >= 15 is 0 Å². The molecule has 1 rings (SSSR count). The molecule has 0 aliphatic carbocycles. The molecule has 0 bridgehead atoms. The number of H-pyrrole nitrogens is 1. The van der Waals surface area contributed by atoms with Gasteiger partial charge in [0.05, 0.1) is 6.26 Å². The Morgan fingerprint density at radius 1 is 1.55 bits per heavy atom. The monoisotopic (exact) mass is 176 g/mol. The van der Waals surface area contributed by atoms with E-state index < -0.39 is 10.0 Å². The van der Waals surface area contributed by atoms with Crippen LogP contribution in [0, 0.1) is 6.92 Å². The summed E-state index contributed by atoms with van der Waals surface area (Å²) in [4.78, 5) is 3.74. The lowest BCUT2D eigenvalue weighted by atomic mass is 10.8. The number of nitrogens with zero attached hydrogens (tertiary/aromatic N) is 2. The van der Waals surface area contributed by atoms with Gasteiger partial charge in [0.2, 0.25) is 10.0 Å². The van der Waals surface area contributed by atoms with Crippen molar-refractivity contribution < 1.29 is 8.42 Å². The van der Waals surface area contributed by atoms with E-state index in [4.69, 9.17) is 0 Å². The summed E-state index contributed by atoms with van der Waals surface area (Å²) in [5.41, 5.74) is 0. The first kappa shape index (κ1) is 7.99. The molecule has 0 atom stereocenters. The molecule has 7 heteroatoms. The topological polar surface area (TPSA) is 87.7 Å². The van der Waals surface area contributed by atoms with Crippen LogP contribution >= 0.6 is 0 Å². The predicted molar refractivity (Wildman–Crippen MR) is 39.6 cm³/mol. The zero-order valence-electron chi connectivity index (χ0n) is 6.12. The van der Waals surface area contributed by atoms with Gasteiger partial charge in [0.25, 0.3) is 5.95 Å². The fraction of sp³-hybridized carbons (Fsp3) is 0.500. The van der Waals surface area contributed by atoms with Crippen molar-refractivity contribution in [1.29, 1.82) is 0 Å². The van der Waals surface area contributed by atoms with Crippen molar-refractivity contribution in [3.05, 3.63) is 5.82 Å². The third kappa shape index (κ3) is 2.54. The molecule has 11 heavy (non-hydrogen) atoms. The molecule has 0 radical (unpaired) electrons. The maximum absolute atomic E-state index is 10.6. The highest BCUT2D eigenvalue weighted by molar-refractivity contribution is 7.91. The maximum Gasteiger partial charge on any atom is 0.255 e. The summed E-state index contributed by atoms with van der Waals surface area (Å²) in [6.07, 6.45) is 1.04. The van der Waals surface area contributed by atoms with E-state index in [0.717, 1.165) is 6.26 Å². The molecule has 1 heterocycles. The minimum Gasteiger partial charge on any atom is -0.261 e. The molecule has 2 N–H and O–H groups in total. The molecule has 1 aromatic heterocycles. The largest absolute Gasteiger partial charge is 0.261 e. The summed E-state index contributed by atoms with van der Waals surface area (Å²) < 4.78 is 23.3. The second kappa shape index (κ2) is 2.50. The van der Waals surface area contributed by atoms with Crippen LogP contribution < -0.4 is 4.72 Å². The zero-order valence-corrected chi connectivity index (χ0v) is 6.94. The number of hydrogen-bond acceptors (Lipinski definition) is 4. The molecule has 0 aliphatic heterocycles. The second-order valence-electron chi connectivity index (χ2n) is 2.12. The Hall–Kier alpha value is -1.11. The molecule has 62 valence electrons. The highest BCUT2D eigenvalue weighted by Crippen LogP contribution is 1.98. The van der Waals surface area contributed by atoms with Crippen molar-refractivity contribution in [3.8, 4) is 0 Å². The minimum absolute atomic E-state index is 0.0741. The molecule has 0 aromatic carbocycles. The number of rotatable bonds is 2. The first-order valence-corrected chi connectivity index (χ1v) is 4.73. The van der Waals surface area contributed by atoms with E-state index in [-0.39, 0.29) is 5.95 Å². The molecule has 0 amide bonds. The highest BCUT2D eigenvalue weighted by atomic mass is 32.2. The summed E-state index contributed by atoms with van der Waals surface area (Å²) >= 11 is 0. The van der Waals surface area contributed by atoms with Crippen LogP contribution in [0.4, 0.5) is 5.95 Å². The van der Waals surface area contributed by atoms with Gasteiger partial charge in [-0.25, -0.2) is 8.42 Å². The quantitative estimate of drug-likeness (QED) is 0.635.